The van der Waals surface area contributed by atoms with E-state index in [1.54, 1.807) is 4.90 Å². The van der Waals surface area contributed by atoms with Gasteiger partial charge < -0.3 is 9.47 Å². The third-order valence-corrected chi connectivity index (χ3v) is 2.93. The number of carbonyl (C=O) groups is 1. The lowest BCUT2D eigenvalue weighted by Crippen LogP contribution is -2.45. The molecule has 1 heterocycles. The van der Waals surface area contributed by atoms with E-state index in [9.17, 15) is 4.79 Å². The number of amides is 1. The lowest BCUT2D eigenvalue weighted by molar-refractivity contribution is -0.0713. The van der Waals surface area contributed by atoms with Crippen molar-refractivity contribution in [3.05, 3.63) is 0 Å². The number of carbonyl (C=O) groups excluding carboxylic acids is 1. The van der Waals surface area contributed by atoms with Crippen molar-refractivity contribution < 1.29 is 14.3 Å². The molecule has 0 spiro atoms. The van der Waals surface area contributed by atoms with E-state index >= 15 is 0 Å². The maximum atomic E-state index is 12.2. The standard InChI is InChI=1S/C14H27NO3/c1-5-17-12-10-8-6-7-9-11-15(12)13(16)18-14(2,3)4/h12H,5-11H2,1-4H3. The van der Waals surface area contributed by atoms with Crippen LogP contribution in [0, 0.1) is 0 Å². The molecule has 1 aliphatic rings. The zero-order valence-corrected chi connectivity index (χ0v) is 12.2. The van der Waals surface area contributed by atoms with Crippen molar-refractivity contribution >= 4 is 6.09 Å². The highest BCUT2D eigenvalue weighted by Gasteiger charge is 2.28. The van der Waals surface area contributed by atoms with Crippen LogP contribution in [0.15, 0.2) is 0 Å². The Morgan fingerprint density at radius 3 is 2.50 bits per heavy atom. The molecule has 1 amide bonds. The Morgan fingerprint density at radius 1 is 1.22 bits per heavy atom. The monoisotopic (exact) mass is 257 g/mol. The maximum Gasteiger partial charge on any atom is 0.412 e. The summed E-state index contributed by atoms with van der Waals surface area (Å²) in [7, 11) is 0. The van der Waals surface area contributed by atoms with E-state index in [0.717, 1.165) is 25.8 Å². The Balaban J connectivity index is 2.67. The average molecular weight is 257 g/mol. The van der Waals surface area contributed by atoms with Gasteiger partial charge in [0.1, 0.15) is 11.8 Å². The zero-order valence-electron chi connectivity index (χ0n) is 12.2. The second-order valence-electron chi connectivity index (χ2n) is 5.79. The summed E-state index contributed by atoms with van der Waals surface area (Å²) in [4.78, 5) is 13.9. The van der Waals surface area contributed by atoms with Crippen LogP contribution in [0.2, 0.25) is 0 Å². The van der Waals surface area contributed by atoms with Crippen LogP contribution in [-0.2, 0) is 9.47 Å². The van der Waals surface area contributed by atoms with Gasteiger partial charge >= 0.3 is 6.09 Å². The number of hydrogen-bond donors (Lipinski definition) is 0. The van der Waals surface area contributed by atoms with Crippen molar-refractivity contribution in [2.24, 2.45) is 0 Å². The van der Waals surface area contributed by atoms with Gasteiger partial charge in [0.05, 0.1) is 0 Å². The molecule has 1 saturated heterocycles. The summed E-state index contributed by atoms with van der Waals surface area (Å²) in [6, 6.07) is 0. The predicted molar refractivity (Wildman–Crippen MR) is 71.4 cm³/mol. The minimum absolute atomic E-state index is 0.120. The fraction of sp³-hybridized carbons (Fsp3) is 0.929. The minimum atomic E-state index is -0.448. The number of hydrogen-bond acceptors (Lipinski definition) is 3. The topological polar surface area (TPSA) is 38.8 Å². The first-order valence-electron chi connectivity index (χ1n) is 7.05. The van der Waals surface area contributed by atoms with E-state index in [4.69, 9.17) is 9.47 Å². The van der Waals surface area contributed by atoms with E-state index in [0.29, 0.717) is 6.61 Å². The van der Waals surface area contributed by atoms with Gasteiger partial charge in [-0.05, 0) is 47.0 Å². The highest BCUT2D eigenvalue weighted by atomic mass is 16.6. The summed E-state index contributed by atoms with van der Waals surface area (Å²) in [5.41, 5.74) is -0.448. The lowest BCUT2D eigenvalue weighted by atomic mass is 10.1. The molecule has 0 bridgehead atoms. The first-order chi connectivity index (χ1) is 8.44. The molecule has 18 heavy (non-hydrogen) atoms. The fourth-order valence-electron chi connectivity index (χ4n) is 2.15. The van der Waals surface area contributed by atoms with Crippen LogP contribution >= 0.6 is 0 Å². The smallest absolute Gasteiger partial charge is 0.412 e. The number of ether oxygens (including phenoxy) is 2. The Hall–Kier alpha value is -0.770. The van der Waals surface area contributed by atoms with E-state index in [1.807, 2.05) is 27.7 Å². The molecular formula is C14H27NO3. The molecule has 0 radical (unpaired) electrons. The van der Waals surface area contributed by atoms with E-state index < -0.39 is 5.60 Å². The number of likely N-dealkylation sites (tertiary alicyclic amines) is 1. The minimum Gasteiger partial charge on any atom is -0.444 e. The van der Waals surface area contributed by atoms with Crippen molar-refractivity contribution in [1.29, 1.82) is 0 Å². The molecule has 0 aliphatic carbocycles. The van der Waals surface area contributed by atoms with Crippen LogP contribution in [-0.4, -0.2) is 36.0 Å². The normalized spacial score (nSPS) is 22.2. The molecule has 1 atom stereocenters. The van der Waals surface area contributed by atoms with Crippen LogP contribution in [0.5, 0.6) is 0 Å². The lowest BCUT2D eigenvalue weighted by Gasteiger charge is -2.34. The molecule has 4 nitrogen and oxygen atoms in total. The third-order valence-electron chi connectivity index (χ3n) is 2.93. The summed E-state index contributed by atoms with van der Waals surface area (Å²) in [6.45, 7) is 9.01. The summed E-state index contributed by atoms with van der Waals surface area (Å²) < 4.78 is 11.1. The molecule has 1 rings (SSSR count). The van der Waals surface area contributed by atoms with Crippen molar-refractivity contribution in [3.8, 4) is 0 Å². The summed E-state index contributed by atoms with van der Waals surface area (Å²) >= 11 is 0. The molecule has 1 unspecified atom stereocenters. The van der Waals surface area contributed by atoms with E-state index in [-0.39, 0.29) is 12.3 Å². The Morgan fingerprint density at radius 2 is 1.89 bits per heavy atom. The Kier molecular flexibility index (Phi) is 5.93. The molecule has 0 aromatic heterocycles. The van der Waals surface area contributed by atoms with Gasteiger partial charge in [-0.1, -0.05) is 12.8 Å². The largest absolute Gasteiger partial charge is 0.444 e. The van der Waals surface area contributed by atoms with Crippen LogP contribution in [0.25, 0.3) is 0 Å². The second kappa shape index (κ2) is 6.98. The third kappa shape index (κ3) is 5.25. The summed E-state index contributed by atoms with van der Waals surface area (Å²) in [5, 5.41) is 0. The Bertz CT molecular complexity index is 260. The zero-order chi connectivity index (χ0) is 13.6. The summed E-state index contributed by atoms with van der Waals surface area (Å²) in [5.74, 6) is 0. The van der Waals surface area contributed by atoms with Crippen molar-refractivity contribution in [3.63, 3.8) is 0 Å². The number of nitrogens with zero attached hydrogens (tertiary/aromatic N) is 1. The molecule has 1 fully saturated rings. The van der Waals surface area contributed by atoms with Crippen molar-refractivity contribution in [1.82, 2.24) is 4.90 Å². The molecule has 106 valence electrons. The summed E-state index contributed by atoms with van der Waals surface area (Å²) in [6.07, 6.45) is 5.09. The molecule has 0 saturated carbocycles. The van der Waals surface area contributed by atoms with Crippen molar-refractivity contribution in [2.45, 2.75) is 71.6 Å². The van der Waals surface area contributed by atoms with Crippen LogP contribution in [0.1, 0.15) is 59.8 Å². The van der Waals surface area contributed by atoms with E-state index in [1.165, 1.54) is 12.8 Å². The first kappa shape index (κ1) is 15.3. The van der Waals surface area contributed by atoms with Gasteiger partial charge in [0.2, 0.25) is 0 Å². The average Bonchev–Trinajstić information content (AvgIpc) is 2.19. The van der Waals surface area contributed by atoms with Gasteiger partial charge in [-0.15, -0.1) is 0 Å². The predicted octanol–water partition coefficient (Wildman–Crippen LogP) is 3.55. The SMILES string of the molecule is CCOC1CCCCCCN1C(=O)OC(C)(C)C. The van der Waals surface area contributed by atoms with Crippen LogP contribution in [0.4, 0.5) is 4.79 Å². The highest BCUT2D eigenvalue weighted by molar-refractivity contribution is 5.68. The van der Waals surface area contributed by atoms with Gasteiger partial charge in [-0.3, -0.25) is 4.90 Å². The van der Waals surface area contributed by atoms with Gasteiger partial charge in [-0.2, -0.15) is 0 Å². The first-order valence-corrected chi connectivity index (χ1v) is 7.05. The van der Waals surface area contributed by atoms with Crippen LogP contribution < -0.4 is 0 Å². The van der Waals surface area contributed by atoms with Gasteiger partial charge in [0.15, 0.2) is 0 Å². The van der Waals surface area contributed by atoms with Crippen molar-refractivity contribution in [2.75, 3.05) is 13.2 Å². The number of rotatable bonds is 2. The van der Waals surface area contributed by atoms with Gasteiger partial charge in [0, 0.05) is 13.2 Å². The molecule has 0 aromatic rings. The van der Waals surface area contributed by atoms with Gasteiger partial charge in [0.25, 0.3) is 0 Å². The van der Waals surface area contributed by atoms with Crippen LogP contribution in [0.3, 0.4) is 0 Å². The quantitative estimate of drug-likeness (QED) is 0.759. The molecule has 0 aromatic carbocycles. The molecular weight excluding hydrogens is 230 g/mol. The highest BCUT2D eigenvalue weighted by Crippen LogP contribution is 2.20. The Labute approximate surface area is 111 Å². The second-order valence-corrected chi connectivity index (χ2v) is 5.79. The molecule has 4 heteroatoms. The molecule has 0 N–H and O–H groups in total. The van der Waals surface area contributed by atoms with E-state index in [2.05, 4.69) is 0 Å². The fourth-order valence-corrected chi connectivity index (χ4v) is 2.15. The molecule has 1 aliphatic heterocycles. The van der Waals surface area contributed by atoms with Gasteiger partial charge in [-0.25, -0.2) is 4.79 Å². The maximum absolute atomic E-state index is 12.2.